The number of benzene rings is 2. The Balaban J connectivity index is 1.54. The molecule has 0 radical (unpaired) electrons. The molecule has 1 aliphatic rings. The minimum atomic E-state index is -0.304. The van der Waals surface area contributed by atoms with E-state index in [9.17, 15) is 14.4 Å². The second-order valence-electron chi connectivity index (χ2n) is 6.44. The van der Waals surface area contributed by atoms with Crippen LogP contribution in [0.4, 0.5) is 5.69 Å². The van der Waals surface area contributed by atoms with E-state index in [1.54, 1.807) is 54.4 Å². The van der Waals surface area contributed by atoms with Gasteiger partial charge in [0.15, 0.2) is 0 Å². The van der Waals surface area contributed by atoms with E-state index in [0.29, 0.717) is 34.1 Å². The van der Waals surface area contributed by atoms with Gasteiger partial charge >= 0.3 is 0 Å². The Labute approximate surface area is 167 Å². The summed E-state index contributed by atoms with van der Waals surface area (Å²) in [4.78, 5) is 40.0. The quantitative estimate of drug-likeness (QED) is 0.721. The average Bonchev–Trinajstić information content (AvgIpc) is 2.91. The molecule has 3 amide bonds. The molecule has 28 heavy (non-hydrogen) atoms. The average molecular weight is 402 g/mol. The second-order valence-corrected chi connectivity index (χ2v) is 6.87. The number of methoxy groups -OCH3 is 1. The van der Waals surface area contributed by atoms with Crippen LogP contribution in [-0.4, -0.2) is 61.3 Å². The molecular formula is C20H20ClN3O4. The van der Waals surface area contributed by atoms with Crippen molar-refractivity contribution in [2.45, 2.75) is 0 Å². The van der Waals surface area contributed by atoms with E-state index in [1.807, 2.05) is 0 Å². The van der Waals surface area contributed by atoms with Crippen molar-refractivity contribution >= 4 is 35.0 Å². The summed E-state index contributed by atoms with van der Waals surface area (Å²) in [6, 6.07) is 11.7. The fourth-order valence-corrected chi connectivity index (χ4v) is 3.18. The van der Waals surface area contributed by atoms with Gasteiger partial charge in [-0.05, 0) is 37.4 Å². The zero-order chi connectivity index (χ0) is 20.3. The molecule has 0 atom stereocenters. The predicted molar refractivity (Wildman–Crippen MR) is 106 cm³/mol. The largest absolute Gasteiger partial charge is 0.495 e. The lowest BCUT2D eigenvalue weighted by atomic mass is 10.1. The van der Waals surface area contributed by atoms with Crippen molar-refractivity contribution < 1.29 is 19.1 Å². The van der Waals surface area contributed by atoms with Gasteiger partial charge in [0, 0.05) is 18.1 Å². The predicted octanol–water partition coefficient (Wildman–Crippen LogP) is 2.52. The number of rotatable bonds is 7. The monoisotopic (exact) mass is 401 g/mol. The molecule has 0 bridgehead atoms. The summed E-state index contributed by atoms with van der Waals surface area (Å²) in [5, 5.41) is 3.24. The number of amides is 3. The maximum Gasteiger partial charge on any atom is 0.261 e. The van der Waals surface area contributed by atoms with Gasteiger partial charge in [-0.3, -0.25) is 24.2 Å². The Morgan fingerprint density at radius 1 is 1.14 bits per heavy atom. The molecule has 8 heteroatoms. The molecule has 1 aliphatic heterocycles. The first-order chi connectivity index (χ1) is 13.4. The number of carbonyl (C=O) groups excluding carboxylic acids is 3. The van der Waals surface area contributed by atoms with Crippen LogP contribution in [0, 0.1) is 0 Å². The lowest BCUT2D eigenvalue weighted by Gasteiger charge is -2.20. The lowest BCUT2D eigenvalue weighted by Crippen LogP contribution is -2.39. The van der Waals surface area contributed by atoms with E-state index >= 15 is 0 Å². The third-order valence-corrected chi connectivity index (χ3v) is 4.67. The zero-order valence-corrected chi connectivity index (χ0v) is 16.3. The maximum atomic E-state index is 12.4. The molecule has 0 unspecified atom stereocenters. The number of likely N-dealkylation sites (N-methyl/N-ethyl adjacent to an activating group) is 1. The Bertz CT molecular complexity index is 896. The molecule has 3 rings (SSSR count). The van der Waals surface area contributed by atoms with Gasteiger partial charge in [-0.15, -0.1) is 0 Å². The van der Waals surface area contributed by atoms with Crippen LogP contribution in [0.15, 0.2) is 42.5 Å². The molecule has 7 nitrogen and oxygen atoms in total. The summed E-state index contributed by atoms with van der Waals surface area (Å²) in [5.41, 5.74) is 1.32. The first-order valence-electron chi connectivity index (χ1n) is 8.68. The van der Waals surface area contributed by atoms with Crippen molar-refractivity contribution in [1.82, 2.24) is 9.80 Å². The number of halogens is 1. The molecule has 146 valence electrons. The van der Waals surface area contributed by atoms with Gasteiger partial charge < -0.3 is 10.1 Å². The van der Waals surface area contributed by atoms with Crippen LogP contribution >= 0.6 is 11.6 Å². The van der Waals surface area contributed by atoms with Crippen LogP contribution in [-0.2, 0) is 4.79 Å². The normalized spacial score (nSPS) is 13.1. The summed E-state index contributed by atoms with van der Waals surface area (Å²) in [6.45, 7) is 0.654. The highest BCUT2D eigenvalue weighted by Gasteiger charge is 2.34. The second kappa shape index (κ2) is 8.41. The summed E-state index contributed by atoms with van der Waals surface area (Å²) >= 11 is 5.96. The number of carbonyl (C=O) groups is 3. The van der Waals surface area contributed by atoms with Crippen molar-refractivity contribution in [3.63, 3.8) is 0 Å². The smallest absolute Gasteiger partial charge is 0.261 e. The van der Waals surface area contributed by atoms with Crippen molar-refractivity contribution in [2.24, 2.45) is 0 Å². The van der Waals surface area contributed by atoms with Crippen LogP contribution in [0.3, 0.4) is 0 Å². The van der Waals surface area contributed by atoms with Crippen LogP contribution < -0.4 is 10.1 Å². The first kappa shape index (κ1) is 19.9. The van der Waals surface area contributed by atoms with E-state index in [2.05, 4.69) is 5.32 Å². The van der Waals surface area contributed by atoms with Crippen molar-refractivity contribution in [2.75, 3.05) is 39.1 Å². The Hall–Kier alpha value is -2.90. The first-order valence-corrected chi connectivity index (χ1v) is 9.05. The van der Waals surface area contributed by atoms with Gasteiger partial charge in [0.1, 0.15) is 5.75 Å². The van der Waals surface area contributed by atoms with E-state index < -0.39 is 0 Å². The van der Waals surface area contributed by atoms with E-state index in [0.717, 1.165) is 0 Å². The number of ether oxygens (including phenoxy) is 1. The van der Waals surface area contributed by atoms with E-state index in [-0.39, 0.29) is 30.8 Å². The maximum absolute atomic E-state index is 12.4. The number of nitrogens with zero attached hydrogens (tertiary/aromatic N) is 2. The van der Waals surface area contributed by atoms with E-state index in [1.165, 1.54) is 12.0 Å². The van der Waals surface area contributed by atoms with Gasteiger partial charge in [-0.2, -0.15) is 0 Å². The zero-order valence-electron chi connectivity index (χ0n) is 15.6. The number of anilines is 1. The van der Waals surface area contributed by atoms with Crippen molar-refractivity contribution in [1.29, 1.82) is 0 Å². The number of hydrogen-bond acceptors (Lipinski definition) is 5. The van der Waals surface area contributed by atoms with Crippen LogP contribution in [0.25, 0.3) is 0 Å². The number of hydrogen-bond donors (Lipinski definition) is 1. The highest BCUT2D eigenvalue weighted by atomic mass is 35.5. The molecule has 2 aromatic carbocycles. The molecule has 1 heterocycles. The molecule has 1 N–H and O–H groups in total. The Morgan fingerprint density at radius 2 is 1.79 bits per heavy atom. The number of nitrogens with one attached hydrogen (secondary N) is 1. The molecule has 0 aliphatic carbocycles. The molecule has 0 saturated carbocycles. The fraction of sp³-hybridized carbons (Fsp3) is 0.250. The highest BCUT2D eigenvalue weighted by Crippen LogP contribution is 2.27. The van der Waals surface area contributed by atoms with Crippen LogP contribution in [0.1, 0.15) is 20.7 Å². The summed E-state index contributed by atoms with van der Waals surface area (Å²) in [7, 11) is 3.25. The van der Waals surface area contributed by atoms with Crippen molar-refractivity contribution in [3.05, 3.63) is 58.6 Å². The van der Waals surface area contributed by atoms with Gasteiger partial charge in [-0.25, -0.2) is 0 Å². The molecule has 0 fully saturated rings. The van der Waals surface area contributed by atoms with E-state index in [4.69, 9.17) is 16.3 Å². The molecular weight excluding hydrogens is 382 g/mol. The van der Waals surface area contributed by atoms with Gasteiger partial charge in [0.25, 0.3) is 11.8 Å². The summed E-state index contributed by atoms with van der Waals surface area (Å²) in [6.07, 6.45) is 0. The summed E-state index contributed by atoms with van der Waals surface area (Å²) < 4.78 is 5.21. The standard InChI is InChI=1S/C20H20ClN3O4/c1-23(12-18(25)22-16-11-13(21)7-8-17(16)28-2)9-10-24-19(26)14-5-3-4-6-15(14)20(24)27/h3-8,11H,9-10,12H2,1-2H3,(H,22,25). The number of imide groups is 1. The molecule has 0 spiro atoms. The number of fused-ring (bicyclic) bond motifs is 1. The summed E-state index contributed by atoms with van der Waals surface area (Å²) in [5.74, 6) is -0.360. The van der Waals surface area contributed by atoms with Gasteiger partial charge in [0.2, 0.25) is 5.91 Å². The Morgan fingerprint density at radius 3 is 2.39 bits per heavy atom. The van der Waals surface area contributed by atoms with Crippen LogP contribution in [0.2, 0.25) is 5.02 Å². The third kappa shape index (κ3) is 4.16. The molecule has 2 aromatic rings. The third-order valence-electron chi connectivity index (χ3n) is 4.43. The van der Waals surface area contributed by atoms with Crippen LogP contribution in [0.5, 0.6) is 5.75 Å². The highest BCUT2D eigenvalue weighted by molar-refractivity contribution is 6.31. The minimum absolute atomic E-state index is 0.0822. The Kier molecular flexibility index (Phi) is 5.96. The van der Waals surface area contributed by atoms with Crippen molar-refractivity contribution in [3.8, 4) is 5.75 Å². The topological polar surface area (TPSA) is 79.0 Å². The minimum Gasteiger partial charge on any atom is -0.495 e. The van der Waals surface area contributed by atoms with Gasteiger partial charge in [0.05, 0.1) is 30.5 Å². The lowest BCUT2D eigenvalue weighted by molar-refractivity contribution is -0.117. The molecule has 0 aromatic heterocycles. The molecule has 0 saturated heterocycles. The SMILES string of the molecule is COc1ccc(Cl)cc1NC(=O)CN(C)CCN1C(=O)c2ccccc2C1=O. The van der Waals surface area contributed by atoms with Gasteiger partial charge in [-0.1, -0.05) is 23.7 Å². The fourth-order valence-electron chi connectivity index (χ4n) is 3.00.